The first-order chi connectivity index (χ1) is 7.29. The lowest BCUT2D eigenvalue weighted by Crippen LogP contribution is -2.46. The zero-order valence-electron chi connectivity index (χ0n) is 9.04. The van der Waals surface area contributed by atoms with Crippen molar-refractivity contribution < 1.29 is 9.90 Å². The van der Waals surface area contributed by atoms with E-state index in [1.807, 2.05) is 0 Å². The lowest BCUT2D eigenvalue weighted by molar-refractivity contribution is -0.123. The van der Waals surface area contributed by atoms with E-state index < -0.39 is 0 Å². The second kappa shape index (κ2) is 4.94. The van der Waals surface area contributed by atoms with Crippen LogP contribution in [0, 0.1) is 11.8 Å². The van der Waals surface area contributed by atoms with Crippen LogP contribution in [-0.4, -0.2) is 36.8 Å². The Labute approximate surface area is 90.4 Å². The lowest BCUT2D eigenvalue weighted by Gasteiger charge is -2.27. The molecule has 0 bridgehead atoms. The molecule has 2 rings (SSSR count). The Balaban J connectivity index is 1.72. The van der Waals surface area contributed by atoms with Crippen LogP contribution in [0.2, 0.25) is 0 Å². The fraction of sp³-hybridized carbons (Fsp3) is 0.909. The highest BCUT2D eigenvalue weighted by atomic mass is 16.3. The van der Waals surface area contributed by atoms with Gasteiger partial charge in [-0.15, -0.1) is 0 Å². The largest absolute Gasteiger partial charge is 0.396 e. The van der Waals surface area contributed by atoms with Gasteiger partial charge < -0.3 is 15.7 Å². The Bertz CT molecular complexity index is 229. The Morgan fingerprint density at radius 2 is 2.20 bits per heavy atom. The van der Waals surface area contributed by atoms with Gasteiger partial charge in [0.1, 0.15) is 0 Å². The van der Waals surface area contributed by atoms with Crippen molar-refractivity contribution in [2.75, 3.05) is 19.7 Å². The summed E-state index contributed by atoms with van der Waals surface area (Å²) in [5.74, 6) is 0.972. The second-order valence-electron chi connectivity index (χ2n) is 4.78. The predicted octanol–water partition coefficient (Wildman–Crippen LogP) is -0.127. The summed E-state index contributed by atoms with van der Waals surface area (Å²) in [4.78, 5) is 11.6. The number of carbonyl (C=O) groups is 1. The summed E-state index contributed by atoms with van der Waals surface area (Å²) in [5.41, 5.74) is 0. The summed E-state index contributed by atoms with van der Waals surface area (Å²) in [7, 11) is 0. The molecule has 0 aromatic carbocycles. The highest BCUT2D eigenvalue weighted by molar-refractivity contribution is 5.76. The van der Waals surface area contributed by atoms with E-state index in [-0.39, 0.29) is 24.5 Å². The molecule has 4 nitrogen and oxygen atoms in total. The molecule has 1 aliphatic heterocycles. The molecule has 0 aromatic heterocycles. The third-order valence-corrected chi connectivity index (χ3v) is 3.58. The van der Waals surface area contributed by atoms with Crippen LogP contribution in [0.5, 0.6) is 0 Å². The van der Waals surface area contributed by atoms with E-state index >= 15 is 0 Å². The zero-order valence-corrected chi connectivity index (χ0v) is 9.04. The summed E-state index contributed by atoms with van der Waals surface area (Å²) in [6.07, 6.45) is 3.84. The molecular formula is C11H20N2O2. The fourth-order valence-electron chi connectivity index (χ4n) is 2.47. The van der Waals surface area contributed by atoms with Crippen molar-refractivity contribution in [2.24, 2.45) is 11.8 Å². The highest BCUT2D eigenvalue weighted by Crippen LogP contribution is 2.25. The molecule has 3 N–H and O–H groups in total. The maximum absolute atomic E-state index is 11.6. The normalized spacial score (nSPS) is 31.3. The number of aliphatic hydroxyl groups is 1. The van der Waals surface area contributed by atoms with E-state index in [9.17, 15) is 4.79 Å². The van der Waals surface area contributed by atoms with Gasteiger partial charge in [0.25, 0.3) is 0 Å². The number of nitrogens with one attached hydrogen (secondary N) is 2. The number of hydrogen-bond donors (Lipinski definition) is 3. The Morgan fingerprint density at radius 3 is 2.80 bits per heavy atom. The smallest absolute Gasteiger partial charge is 0.220 e. The minimum atomic E-state index is 0.159. The average molecular weight is 212 g/mol. The summed E-state index contributed by atoms with van der Waals surface area (Å²) < 4.78 is 0. The Hall–Kier alpha value is -0.610. The molecule has 1 heterocycles. The molecule has 1 amide bonds. The van der Waals surface area contributed by atoms with Crippen LogP contribution in [0.25, 0.3) is 0 Å². The lowest BCUT2D eigenvalue weighted by atomic mass is 9.98. The maximum atomic E-state index is 11.6. The van der Waals surface area contributed by atoms with Gasteiger partial charge in [-0.1, -0.05) is 6.42 Å². The van der Waals surface area contributed by atoms with Gasteiger partial charge in [-0.2, -0.15) is 0 Å². The van der Waals surface area contributed by atoms with Crippen LogP contribution in [0.1, 0.15) is 25.7 Å². The molecule has 2 aliphatic rings. The van der Waals surface area contributed by atoms with Crippen LogP contribution in [0.3, 0.4) is 0 Å². The average Bonchev–Trinajstić information content (AvgIpc) is 2.59. The molecular weight excluding hydrogens is 192 g/mol. The molecule has 2 atom stereocenters. The Kier molecular flexibility index (Phi) is 3.59. The summed E-state index contributed by atoms with van der Waals surface area (Å²) in [5, 5.41) is 15.3. The third-order valence-electron chi connectivity index (χ3n) is 3.58. The van der Waals surface area contributed by atoms with Crippen molar-refractivity contribution in [1.82, 2.24) is 10.6 Å². The van der Waals surface area contributed by atoms with E-state index in [1.54, 1.807) is 0 Å². The molecule has 4 heteroatoms. The molecule has 0 radical (unpaired) electrons. The molecule has 15 heavy (non-hydrogen) atoms. The fourth-order valence-corrected chi connectivity index (χ4v) is 2.47. The minimum absolute atomic E-state index is 0.159. The standard InChI is InChI=1S/C11H20N2O2/c14-7-9-2-1-3-10(9)13-11(15)4-8-5-12-6-8/h8-10,12,14H,1-7H2,(H,13,15). The first-order valence-electron chi connectivity index (χ1n) is 5.90. The van der Waals surface area contributed by atoms with E-state index in [2.05, 4.69) is 10.6 Å². The van der Waals surface area contributed by atoms with Crippen molar-refractivity contribution in [2.45, 2.75) is 31.7 Å². The molecule has 0 spiro atoms. The van der Waals surface area contributed by atoms with Crippen molar-refractivity contribution in [3.8, 4) is 0 Å². The van der Waals surface area contributed by atoms with E-state index in [0.717, 1.165) is 32.4 Å². The quantitative estimate of drug-likeness (QED) is 0.608. The van der Waals surface area contributed by atoms with Crippen molar-refractivity contribution in [1.29, 1.82) is 0 Å². The van der Waals surface area contributed by atoms with Gasteiger partial charge in [-0.25, -0.2) is 0 Å². The minimum Gasteiger partial charge on any atom is -0.396 e. The number of carbonyl (C=O) groups excluding carboxylic acids is 1. The molecule has 0 aromatic rings. The van der Waals surface area contributed by atoms with Crippen LogP contribution in [-0.2, 0) is 4.79 Å². The van der Waals surface area contributed by atoms with Crippen molar-refractivity contribution in [3.05, 3.63) is 0 Å². The predicted molar refractivity (Wildman–Crippen MR) is 57.3 cm³/mol. The summed E-state index contributed by atoms with van der Waals surface area (Å²) in [6.45, 7) is 2.15. The van der Waals surface area contributed by atoms with Gasteiger partial charge in [0.2, 0.25) is 5.91 Å². The second-order valence-corrected chi connectivity index (χ2v) is 4.78. The van der Waals surface area contributed by atoms with Crippen molar-refractivity contribution >= 4 is 5.91 Å². The molecule has 1 saturated carbocycles. The molecule has 2 fully saturated rings. The topological polar surface area (TPSA) is 61.4 Å². The Morgan fingerprint density at radius 1 is 1.40 bits per heavy atom. The summed E-state index contributed by atoms with van der Waals surface area (Å²) >= 11 is 0. The van der Waals surface area contributed by atoms with Crippen LogP contribution in [0.15, 0.2) is 0 Å². The summed E-state index contributed by atoms with van der Waals surface area (Å²) in [6, 6.07) is 0.218. The zero-order chi connectivity index (χ0) is 10.7. The third kappa shape index (κ3) is 2.69. The molecule has 86 valence electrons. The monoisotopic (exact) mass is 212 g/mol. The number of hydrogen-bond acceptors (Lipinski definition) is 3. The van der Waals surface area contributed by atoms with E-state index in [1.165, 1.54) is 0 Å². The van der Waals surface area contributed by atoms with E-state index in [0.29, 0.717) is 12.3 Å². The van der Waals surface area contributed by atoms with Gasteiger partial charge in [-0.05, 0) is 31.8 Å². The first kappa shape index (κ1) is 10.9. The SMILES string of the molecule is O=C(CC1CNC1)NC1CCCC1CO. The van der Waals surface area contributed by atoms with Gasteiger partial charge in [-0.3, -0.25) is 4.79 Å². The molecule has 1 saturated heterocycles. The van der Waals surface area contributed by atoms with E-state index in [4.69, 9.17) is 5.11 Å². The van der Waals surface area contributed by atoms with Gasteiger partial charge in [0.15, 0.2) is 0 Å². The number of aliphatic hydroxyl groups excluding tert-OH is 1. The van der Waals surface area contributed by atoms with Gasteiger partial charge in [0, 0.05) is 25.0 Å². The molecule has 2 unspecified atom stereocenters. The van der Waals surface area contributed by atoms with Gasteiger partial charge in [0.05, 0.1) is 0 Å². The maximum Gasteiger partial charge on any atom is 0.220 e. The highest BCUT2D eigenvalue weighted by Gasteiger charge is 2.29. The number of amides is 1. The molecule has 1 aliphatic carbocycles. The van der Waals surface area contributed by atoms with Crippen LogP contribution < -0.4 is 10.6 Å². The van der Waals surface area contributed by atoms with Crippen LogP contribution >= 0.6 is 0 Å². The first-order valence-corrected chi connectivity index (χ1v) is 5.90. The van der Waals surface area contributed by atoms with Crippen molar-refractivity contribution in [3.63, 3.8) is 0 Å². The number of rotatable bonds is 4. The van der Waals surface area contributed by atoms with Gasteiger partial charge >= 0.3 is 0 Å². The van der Waals surface area contributed by atoms with Crippen LogP contribution in [0.4, 0.5) is 0 Å².